The number of nitrogens with zero attached hydrogens (tertiary/aromatic N) is 4. The molecule has 0 saturated carbocycles. The molecule has 1 aromatic heterocycles. The van der Waals surface area contributed by atoms with Gasteiger partial charge in [-0.25, -0.2) is 0 Å². The minimum absolute atomic E-state index is 0.0679. The van der Waals surface area contributed by atoms with Gasteiger partial charge in [-0.15, -0.1) is 0 Å². The van der Waals surface area contributed by atoms with Crippen molar-refractivity contribution in [3.05, 3.63) is 59.5 Å². The number of benzene rings is 2. The van der Waals surface area contributed by atoms with E-state index in [2.05, 4.69) is 21.5 Å². The third kappa shape index (κ3) is 5.29. The molecular formula is C25H25N5O6. The zero-order valence-electron chi connectivity index (χ0n) is 20.1. The molecule has 0 radical (unpaired) electrons. The Labute approximate surface area is 207 Å². The number of amides is 2. The van der Waals surface area contributed by atoms with E-state index in [-0.39, 0.29) is 30.1 Å². The SMILES string of the molecule is COc1ccc(-c2noc(C(=O)NC(C#N)Cc3ccc(C(=O)N4CC(OC)C4)cc3)n2)cc1OC. The average molecular weight is 492 g/mol. The summed E-state index contributed by atoms with van der Waals surface area (Å²) in [6.07, 6.45) is 0.324. The first-order valence-corrected chi connectivity index (χ1v) is 11.1. The lowest BCUT2D eigenvalue weighted by molar-refractivity contribution is -0.0191. The van der Waals surface area contributed by atoms with Gasteiger partial charge in [-0.05, 0) is 35.9 Å². The van der Waals surface area contributed by atoms with E-state index in [0.717, 1.165) is 5.56 Å². The third-order valence-corrected chi connectivity index (χ3v) is 5.83. The quantitative estimate of drug-likeness (QED) is 0.476. The topological polar surface area (TPSA) is 140 Å². The smallest absolute Gasteiger partial charge is 0.316 e. The van der Waals surface area contributed by atoms with Crippen molar-refractivity contribution in [3.63, 3.8) is 0 Å². The van der Waals surface area contributed by atoms with Gasteiger partial charge in [0.25, 0.3) is 5.91 Å². The molecule has 1 saturated heterocycles. The van der Waals surface area contributed by atoms with Crippen molar-refractivity contribution in [3.8, 4) is 29.0 Å². The van der Waals surface area contributed by atoms with Crippen LogP contribution < -0.4 is 14.8 Å². The molecule has 3 aromatic rings. The molecule has 0 aliphatic carbocycles. The number of likely N-dealkylation sites (tertiary alicyclic amines) is 1. The summed E-state index contributed by atoms with van der Waals surface area (Å²) >= 11 is 0. The lowest BCUT2D eigenvalue weighted by atomic mass is 10.0. The van der Waals surface area contributed by atoms with Crippen molar-refractivity contribution < 1.29 is 28.3 Å². The van der Waals surface area contributed by atoms with Crippen molar-refractivity contribution in [1.82, 2.24) is 20.4 Å². The van der Waals surface area contributed by atoms with Crippen LogP contribution in [-0.4, -0.2) is 73.4 Å². The van der Waals surface area contributed by atoms with Crippen LogP contribution in [0.5, 0.6) is 11.5 Å². The lowest BCUT2D eigenvalue weighted by Crippen LogP contribution is -2.54. The Hall–Kier alpha value is -4.43. The monoisotopic (exact) mass is 491 g/mol. The van der Waals surface area contributed by atoms with Crippen LogP contribution in [0.15, 0.2) is 47.0 Å². The van der Waals surface area contributed by atoms with Crippen molar-refractivity contribution in [1.29, 1.82) is 5.26 Å². The van der Waals surface area contributed by atoms with Gasteiger partial charge in [0.1, 0.15) is 6.04 Å². The van der Waals surface area contributed by atoms with Crippen molar-refractivity contribution >= 4 is 11.8 Å². The standard InChI is InChI=1S/C25H25N5O6/c1-33-19-13-30(14-19)25(32)16-6-4-15(5-7-16)10-18(12-26)27-23(31)24-28-22(29-36-24)17-8-9-20(34-2)21(11-17)35-3/h4-9,11,18-19H,10,13-14H2,1-3H3,(H,27,31). The maximum atomic E-state index is 12.6. The van der Waals surface area contributed by atoms with E-state index < -0.39 is 11.9 Å². The van der Waals surface area contributed by atoms with Gasteiger partial charge in [0.15, 0.2) is 11.5 Å². The van der Waals surface area contributed by atoms with Crippen LogP contribution in [-0.2, 0) is 11.2 Å². The van der Waals surface area contributed by atoms with E-state index >= 15 is 0 Å². The molecule has 1 unspecified atom stereocenters. The molecule has 186 valence electrons. The predicted molar refractivity (Wildman–Crippen MR) is 127 cm³/mol. The number of ether oxygens (including phenoxy) is 3. The number of nitriles is 1. The maximum Gasteiger partial charge on any atom is 0.316 e. The molecule has 1 aliphatic rings. The van der Waals surface area contributed by atoms with Gasteiger partial charge in [0.05, 0.1) is 26.4 Å². The summed E-state index contributed by atoms with van der Waals surface area (Å²) in [6, 6.07) is 13.2. The summed E-state index contributed by atoms with van der Waals surface area (Å²) < 4.78 is 20.8. The first-order valence-electron chi connectivity index (χ1n) is 11.1. The first kappa shape index (κ1) is 24.7. The molecule has 1 fully saturated rings. The Bertz CT molecular complexity index is 1280. The summed E-state index contributed by atoms with van der Waals surface area (Å²) in [5.74, 6) is 0.197. The van der Waals surface area contributed by atoms with Gasteiger partial charge in [0, 0.05) is 37.7 Å². The van der Waals surface area contributed by atoms with Gasteiger partial charge in [-0.1, -0.05) is 17.3 Å². The summed E-state index contributed by atoms with van der Waals surface area (Å²) in [5.41, 5.74) is 1.91. The second kappa shape index (κ2) is 10.9. The fourth-order valence-corrected chi connectivity index (χ4v) is 3.71. The fourth-order valence-electron chi connectivity index (χ4n) is 3.71. The highest BCUT2D eigenvalue weighted by Crippen LogP contribution is 2.31. The van der Waals surface area contributed by atoms with Gasteiger partial charge in [-0.3, -0.25) is 9.59 Å². The molecule has 2 heterocycles. The van der Waals surface area contributed by atoms with Crippen molar-refractivity contribution in [2.24, 2.45) is 0 Å². The zero-order chi connectivity index (χ0) is 25.7. The van der Waals surface area contributed by atoms with Crippen LogP contribution in [0.25, 0.3) is 11.4 Å². The van der Waals surface area contributed by atoms with Crippen LogP contribution in [0.1, 0.15) is 26.6 Å². The highest BCUT2D eigenvalue weighted by Gasteiger charge is 2.31. The summed E-state index contributed by atoms with van der Waals surface area (Å²) in [4.78, 5) is 30.9. The zero-order valence-corrected chi connectivity index (χ0v) is 20.1. The van der Waals surface area contributed by atoms with Gasteiger partial charge in [0.2, 0.25) is 5.82 Å². The number of methoxy groups -OCH3 is 3. The molecule has 2 amide bonds. The van der Waals surface area contributed by atoms with E-state index in [9.17, 15) is 14.9 Å². The van der Waals surface area contributed by atoms with E-state index in [1.54, 1.807) is 54.5 Å². The van der Waals surface area contributed by atoms with Crippen molar-refractivity contribution in [2.75, 3.05) is 34.4 Å². The summed E-state index contributed by atoms with van der Waals surface area (Å²) in [6.45, 7) is 1.14. The molecule has 1 aliphatic heterocycles. The summed E-state index contributed by atoms with van der Waals surface area (Å²) in [7, 11) is 4.66. The van der Waals surface area contributed by atoms with Crippen LogP contribution in [0.3, 0.4) is 0 Å². The number of hydrogen-bond acceptors (Lipinski definition) is 9. The minimum atomic E-state index is -0.840. The molecule has 11 nitrogen and oxygen atoms in total. The molecule has 1 N–H and O–H groups in total. The molecule has 1 atom stereocenters. The van der Waals surface area contributed by atoms with Crippen molar-refractivity contribution in [2.45, 2.75) is 18.6 Å². The minimum Gasteiger partial charge on any atom is -0.493 e. The molecular weight excluding hydrogens is 466 g/mol. The average Bonchev–Trinajstić information content (AvgIpc) is 3.38. The fraction of sp³-hybridized carbons (Fsp3) is 0.320. The molecule has 0 bridgehead atoms. The molecule has 2 aromatic carbocycles. The van der Waals surface area contributed by atoms with E-state index in [4.69, 9.17) is 18.7 Å². The van der Waals surface area contributed by atoms with Crippen LogP contribution in [0, 0.1) is 11.3 Å². The maximum absolute atomic E-state index is 12.6. The number of hydrogen-bond donors (Lipinski definition) is 1. The Balaban J connectivity index is 1.36. The van der Waals surface area contributed by atoms with E-state index in [0.29, 0.717) is 35.7 Å². The van der Waals surface area contributed by atoms with Crippen LogP contribution in [0.4, 0.5) is 0 Å². The second-order valence-corrected chi connectivity index (χ2v) is 8.12. The third-order valence-electron chi connectivity index (χ3n) is 5.83. The van der Waals surface area contributed by atoms with E-state index in [1.165, 1.54) is 14.2 Å². The molecule has 4 rings (SSSR count). The highest BCUT2D eigenvalue weighted by atomic mass is 16.5. The number of carbonyl (C=O) groups is 2. The molecule has 11 heteroatoms. The van der Waals surface area contributed by atoms with Gasteiger partial charge >= 0.3 is 11.8 Å². The highest BCUT2D eigenvalue weighted by molar-refractivity contribution is 5.94. The molecule has 36 heavy (non-hydrogen) atoms. The first-order chi connectivity index (χ1) is 17.4. The Morgan fingerprint density at radius 2 is 1.86 bits per heavy atom. The predicted octanol–water partition coefficient (Wildman–Crippen LogP) is 2.09. The normalized spacial score (nSPS) is 13.9. The lowest BCUT2D eigenvalue weighted by Gasteiger charge is -2.38. The van der Waals surface area contributed by atoms with Crippen LogP contribution in [0.2, 0.25) is 0 Å². The summed E-state index contributed by atoms with van der Waals surface area (Å²) in [5, 5.41) is 16.0. The van der Waals surface area contributed by atoms with Gasteiger partial charge < -0.3 is 29.0 Å². The van der Waals surface area contributed by atoms with Crippen LogP contribution >= 0.6 is 0 Å². The Morgan fingerprint density at radius 1 is 1.14 bits per heavy atom. The van der Waals surface area contributed by atoms with E-state index in [1.807, 2.05) is 0 Å². The number of rotatable bonds is 9. The number of nitrogens with one attached hydrogen (secondary N) is 1. The Kier molecular flexibility index (Phi) is 7.46. The number of aromatic nitrogens is 2. The molecule has 0 spiro atoms. The van der Waals surface area contributed by atoms with Gasteiger partial charge in [-0.2, -0.15) is 10.2 Å². The Morgan fingerprint density at radius 3 is 2.50 bits per heavy atom. The largest absolute Gasteiger partial charge is 0.493 e. The second-order valence-electron chi connectivity index (χ2n) is 8.12. The number of carbonyl (C=O) groups excluding carboxylic acids is 2.